The van der Waals surface area contributed by atoms with Crippen LogP contribution in [-0.4, -0.2) is 44.7 Å². The second kappa shape index (κ2) is 4.41. The van der Waals surface area contributed by atoms with Crippen molar-refractivity contribution in [1.82, 2.24) is 4.31 Å². The summed E-state index contributed by atoms with van der Waals surface area (Å²) < 4.78 is 30.0. The van der Waals surface area contributed by atoms with Crippen LogP contribution in [0, 0.1) is 0 Å². The maximum atomic E-state index is 12.1. The number of Topliss-reactive ketones (excluding diaryl/α,β-unsaturated/α-hetero) is 1. The monoisotopic (exact) mass is 353 g/mol. The fourth-order valence-corrected chi connectivity index (χ4v) is 5.16. The highest BCUT2D eigenvalue weighted by molar-refractivity contribution is 9.11. The Morgan fingerprint density at radius 1 is 1.56 bits per heavy atom. The Balaban J connectivity index is 2.68. The van der Waals surface area contributed by atoms with E-state index in [1.54, 1.807) is 0 Å². The molecule has 0 fully saturated rings. The summed E-state index contributed by atoms with van der Waals surface area (Å²) in [6.07, 6.45) is 0. The van der Waals surface area contributed by atoms with Crippen molar-refractivity contribution in [2.75, 3.05) is 14.2 Å². The zero-order valence-corrected chi connectivity index (χ0v) is 12.6. The summed E-state index contributed by atoms with van der Waals surface area (Å²) >= 11 is 4.12. The average molecular weight is 354 g/mol. The first-order valence-corrected chi connectivity index (χ1v) is 7.75. The molecule has 1 aliphatic rings. The molecule has 6 nitrogen and oxygen atoms in total. The van der Waals surface area contributed by atoms with Gasteiger partial charge in [0.2, 0.25) is 15.8 Å². The van der Waals surface area contributed by atoms with Gasteiger partial charge in [0.05, 0.1) is 15.8 Å². The first-order valence-electron chi connectivity index (χ1n) is 4.70. The van der Waals surface area contributed by atoms with Crippen LogP contribution in [0.1, 0.15) is 9.67 Å². The molecule has 1 unspecified atom stereocenters. The van der Waals surface area contributed by atoms with Crippen LogP contribution in [0.5, 0.6) is 0 Å². The van der Waals surface area contributed by atoms with E-state index in [4.69, 9.17) is 0 Å². The SMILES string of the molecule is COC(=O)C1C(=O)c2sc(Br)cc2S(=O)(=O)N1C. The number of nitrogens with zero attached hydrogens (tertiary/aromatic N) is 1. The standard InChI is InChI=1S/C9H8BrNO5S2/c1-11-6(9(13)16-2)7(12)8-4(18(11,14)15)3-5(10)17-8/h3,6H,1-2H3. The molecular formula is C9H8BrNO5S2. The van der Waals surface area contributed by atoms with Crippen LogP contribution >= 0.6 is 27.3 Å². The van der Waals surface area contributed by atoms with Gasteiger partial charge < -0.3 is 4.74 Å². The first kappa shape index (κ1) is 13.7. The molecule has 2 heterocycles. The van der Waals surface area contributed by atoms with Crippen LogP contribution in [0.2, 0.25) is 0 Å². The Morgan fingerprint density at radius 3 is 2.72 bits per heavy atom. The Kier molecular flexibility index (Phi) is 3.34. The summed E-state index contributed by atoms with van der Waals surface area (Å²) in [5.41, 5.74) is 0. The molecule has 0 spiro atoms. The minimum atomic E-state index is -3.85. The van der Waals surface area contributed by atoms with E-state index >= 15 is 0 Å². The molecule has 0 aliphatic carbocycles. The normalized spacial score (nSPS) is 22.6. The van der Waals surface area contributed by atoms with Gasteiger partial charge >= 0.3 is 5.97 Å². The predicted molar refractivity (Wildman–Crippen MR) is 67.1 cm³/mol. The van der Waals surface area contributed by atoms with E-state index in [0.29, 0.717) is 3.79 Å². The number of thiophene rings is 1. The molecule has 18 heavy (non-hydrogen) atoms. The Hall–Kier alpha value is -0.770. The van der Waals surface area contributed by atoms with Gasteiger partial charge in [0.1, 0.15) is 4.90 Å². The molecule has 1 atom stereocenters. The highest BCUT2D eigenvalue weighted by Crippen LogP contribution is 2.37. The third-order valence-corrected chi connectivity index (χ3v) is 6.21. The van der Waals surface area contributed by atoms with Gasteiger partial charge in [0.15, 0.2) is 6.04 Å². The minimum Gasteiger partial charge on any atom is -0.467 e. The highest BCUT2D eigenvalue weighted by atomic mass is 79.9. The average Bonchev–Trinajstić information content (AvgIpc) is 2.70. The molecule has 0 saturated heterocycles. The van der Waals surface area contributed by atoms with E-state index in [0.717, 1.165) is 22.8 Å². The number of fused-ring (bicyclic) bond motifs is 1. The number of halogens is 1. The molecule has 2 rings (SSSR count). The van der Waals surface area contributed by atoms with Gasteiger partial charge in [-0.1, -0.05) is 0 Å². The number of ether oxygens (including phenoxy) is 1. The van der Waals surface area contributed by atoms with E-state index in [1.807, 2.05) is 0 Å². The second-order valence-corrected chi connectivity index (χ2v) is 7.95. The number of rotatable bonds is 1. The van der Waals surface area contributed by atoms with Crippen molar-refractivity contribution >= 4 is 49.0 Å². The van der Waals surface area contributed by atoms with Crippen LogP contribution in [0.15, 0.2) is 14.7 Å². The van der Waals surface area contributed by atoms with Gasteiger partial charge in [0, 0.05) is 7.05 Å². The Bertz CT molecular complexity index is 635. The third kappa shape index (κ3) is 1.81. The summed E-state index contributed by atoms with van der Waals surface area (Å²) in [6.45, 7) is 0. The van der Waals surface area contributed by atoms with E-state index < -0.39 is 27.8 Å². The van der Waals surface area contributed by atoms with Crippen molar-refractivity contribution in [1.29, 1.82) is 0 Å². The molecule has 98 valence electrons. The fraction of sp³-hybridized carbons (Fsp3) is 0.333. The summed E-state index contributed by atoms with van der Waals surface area (Å²) in [5.74, 6) is -1.45. The molecule has 1 aliphatic heterocycles. The van der Waals surface area contributed by atoms with E-state index in [1.165, 1.54) is 13.1 Å². The van der Waals surface area contributed by atoms with E-state index in [-0.39, 0.29) is 9.77 Å². The number of esters is 1. The van der Waals surface area contributed by atoms with E-state index in [9.17, 15) is 18.0 Å². The second-order valence-electron chi connectivity index (χ2n) is 3.56. The van der Waals surface area contributed by atoms with Gasteiger partial charge in [-0.3, -0.25) is 4.79 Å². The van der Waals surface area contributed by atoms with Gasteiger partial charge in [-0.2, -0.15) is 4.31 Å². The van der Waals surface area contributed by atoms with Crippen LogP contribution in [-0.2, 0) is 19.6 Å². The largest absolute Gasteiger partial charge is 0.467 e. The van der Waals surface area contributed by atoms with Crippen LogP contribution in [0.25, 0.3) is 0 Å². The molecule has 0 aromatic carbocycles. The van der Waals surface area contributed by atoms with Crippen molar-refractivity contribution in [3.8, 4) is 0 Å². The topological polar surface area (TPSA) is 80.8 Å². The van der Waals surface area contributed by atoms with E-state index in [2.05, 4.69) is 20.7 Å². The van der Waals surface area contributed by atoms with Gasteiger partial charge in [-0.25, -0.2) is 13.2 Å². The van der Waals surface area contributed by atoms with Crippen molar-refractivity contribution < 1.29 is 22.7 Å². The maximum absolute atomic E-state index is 12.1. The lowest BCUT2D eigenvalue weighted by atomic mass is 10.1. The lowest BCUT2D eigenvalue weighted by Crippen LogP contribution is -2.51. The van der Waals surface area contributed by atoms with Crippen LogP contribution in [0.4, 0.5) is 0 Å². The molecular weight excluding hydrogens is 346 g/mol. The van der Waals surface area contributed by atoms with Crippen molar-refractivity contribution in [3.63, 3.8) is 0 Å². The van der Waals surface area contributed by atoms with Gasteiger partial charge in [-0.05, 0) is 22.0 Å². The zero-order chi connectivity index (χ0) is 13.7. The summed E-state index contributed by atoms with van der Waals surface area (Å²) in [7, 11) is -1.55. The lowest BCUT2D eigenvalue weighted by Gasteiger charge is -2.28. The molecule has 0 saturated carbocycles. The molecule has 9 heteroatoms. The number of sulfonamides is 1. The highest BCUT2D eigenvalue weighted by Gasteiger charge is 2.47. The number of hydrogen-bond donors (Lipinski definition) is 0. The minimum absolute atomic E-state index is 0.0513. The number of carbonyl (C=O) groups excluding carboxylic acids is 2. The number of methoxy groups -OCH3 is 1. The smallest absolute Gasteiger partial charge is 0.332 e. The molecule has 0 amide bonds. The van der Waals surface area contributed by atoms with Crippen molar-refractivity contribution in [2.24, 2.45) is 0 Å². The molecule has 0 radical (unpaired) electrons. The quantitative estimate of drug-likeness (QED) is 0.552. The zero-order valence-electron chi connectivity index (χ0n) is 9.34. The summed E-state index contributed by atoms with van der Waals surface area (Å²) in [4.78, 5) is 23.6. The molecule has 0 bridgehead atoms. The molecule has 1 aromatic rings. The van der Waals surface area contributed by atoms with Crippen LogP contribution < -0.4 is 0 Å². The Morgan fingerprint density at radius 2 is 2.17 bits per heavy atom. The molecule has 0 N–H and O–H groups in total. The summed E-state index contributed by atoms with van der Waals surface area (Å²) in [6, 6.07) is -0.0879. The number of ketones is 1. The van der Waals surface area contributed by atoms with Crippen molar-refractivity contribution in [3.05, 3.63) is 14.7 Å². The van der Waals surface area contributed by atoms with Gasteiger partial charge in [0.25, 0.3) is 0 Å². The number of hydrogen-bond acceptors (Lipinski definition) is 6. The lowest BCUT2D eigenvalue weighted by molar-refractivity contribution is -0.143. The van der Waals surface area contributed by atoms with Crippen molar-refractivity contribution in [2.45, 2.75) is 10.9 Å². The number of likely N-dealkylation sites (N-methyl/N-ethyl adjacent to an activating group) is 1. The van der Waals surface area contributed by atoms with Gasteiger partial charge in [-0.15, -0.1) is 11.3 Å². The first-order chi connectivity index (χ1) is 8.30. The predicted octanol–water partition coefficient (Wildman–Crippen LogP) is 0.869. The third-order valence-electron chi connectivity index (χ3n) is 2.59. The fourth-order valence-electron chi connectivity index (χ4n) is 1.66. The Labute approximate surface area is 116 Å². The molecule has 1 aromatic heterocycles. The summed E-state index contributed by atoms with van der Waals surface area (Å²) in [5, 5.41) is 0. The maximum Gasteiger partial charge on any atom is 0.332 e. The van der Waals surface area contributed by atoms with Crippen LogP contribution in [0.3, 0.4) is 0 Å². The number of carbonyl (C=O) groups is 2.